The highest BCUT2D eigenvalue weighted by Crippen LogP contribution is 2.25. The molecule has 128 valence electrons. The molecule has 0 bridgehead atoms. The number of benzene rings is 2. The van der Waals surface area contributed by atoms with E-state index in [2.05, 4.69) is 31.2 Å². The van der Waals surface area contributed by atoms with Crippen LogP contribution in [-0.4, -0.2) is 12.6 Å². The molecule has 2 aromatic rings. The fraction of sp³-hybridized carbons (Fsp3) is 0.381. The van der Waals surface area contributed by atoms with Gasteiger partial charge in [0, 0.05) is 6.42 Å². The first-order chi connectivity index (χ1) is 11.6. The van der Waals surface area contributed by atoms with Crippen molar-refractivity contribution in [2.24, 2.45) is 0 Å². The molecule has 0 aliphatic heterocycles. The summed E-state index contributed by atoms with van der Waals surface area (Å²) in [5, 5.41) is 0. The Hall–Kier alpha value is -2.29. The lowest BCUT2D eigenvalue weighted by molar-refractivity contribution is -0.148. The van der Waals surface area contributed by atoms with E-state index in [0.717, 1.165) is 41.9 Å². The lowest BCUT2D eigenvalue weighted by Crippen LogP contribution is -2.08. The summed E-state index contributed by atoms with van der Waals surface area (Å²) in [6.45, 7) is 6.71. The number of carbonyl (C=O) groups excluding carboxylic acids is 1. The maximum atomic E-state index is 11.6. The molecule has 2 rings (SSSR count). The molecule has 0 radical (unpaired) electrons. The second-order valence-electron chi connectivity index (χ2n) is 5.88. The molecule has 0 saturated heterocycles. The van der Waals surface area contributed by atoms with E-state index < -0.39 is 0 Å². The summed E-state index contributed by atoms with van der Waals surface area (Å²) in [4.78, 5) is 11.6. The molecule has 0 saturated carbocycles. The average molecular weight is 326 g/mol. The molecule has 0 aromatic heterocycles. The van der Waals surface area contributed by atoms with Crippen LogP contribution in [0.3, 0.4) is 0 Å². The molecule has 0 fully saturated rings. The molecule has 1 unspecified atom stereocenters. The van der Waals surface area contributed by atoms with Crippen LogP contribution in [0, 0.1) is 0 Å². The monoisotopic (exact) mass is 326 g/mol. The smallest absolute Gasteiger partial charge is 0.306 e. The zero-order valence-corrected chi connectivity index (χ0v) is 14.7. The highest BCUT2D eigenvalue weighted by molar-refractivity contribution is 5.69. The van der Waals surface area contributed by atoms with Crippen LogP contribution in [0.15, 0.2) is 48.5 Å². The minimum Gasteiger partial charge on any atom is -0.494 e. The topological polar surface area (TPSA) is 35.5 Å². The molecule has 2 aromatic carbocycles. The predicted octanol–water partition coefficient (Wildman–Crippen LogP) is 5.55. The summed E-state index contributed by atoms with van der Waals surface area (Å²) in [6.07, 6.45) is 2.06. The van der Waals surface area contributed by atoms with E-state index in [1.54, 1.807) is 0 Å². The van der Waals surface area contributed by atoms with E-state index >= 15 is 0 Å². The quantitative estimate of drug-likeness (QED) is 0.597. The van der Waals surface area contributed by atoms with Crippen molar-refractivity contribution in [3.8, 4) is 16.9 Å². The third-order valence-corrected chi connectivity index (χ3v) is 3.80. The van der Waals surface area contributed by atoms with Crippen molar-refractivity contribution in [3.63, 3.8) is 0 Å². The van der Waals surface area contributed by atoms with Crippen molar-refractivity contribution < 1.29 is 14.3 Å². The number of ether oxygens (including phenoxy) is 2. The second-order valence-corrected chi connectivity index (χ2v) is 5.88. The van der Waals surface area contributed by atoms with Crippen molar-refractivity contribution in [2.45, 2.75) is 46.1 Å². The van der Waals surface area contributed by atoms with Crippen LogP contribution >= 0.6 is 0 Å². The van der Waals surface area contributed by atoms with Crippen LogP contribution in [0.4, 0.5) is 0 Å². The van der Waals surface area contributed by atoms with Crippen molar-refractivity contribution in [3.05, 3.63) is 54.1 Å². The molecule has 0 spiro atoms. The number of rotatable bonds is 8. The van der Waals surface area contributed by atoms with Gasteiger partial charge in [-0.3, -0.25) is 4.79 Å². The fourth-order valence-corrected chi connectivity index (χ4v) is 2.44. The highest BCUT2D eigenvalue weighted by atomic mass is 16.5. The minimum absolute atomic E-state index is 0.142. The van der Waals surface area contributed by atoms with E-state index in [9.17, 15) is 4.79 Å². The number of esters is 1. The molecule has 24 heavy (non-hydrogen) atoms. The Labute approximate surface area is 144 Å². The van der Waals surface area contributed by atoms with Gasteiger partial charge in [-0.25, -0.2) is 0 Å². The number of carbonyl (C=O) groups is 1. The zero-order valence-electron chi connectivity index (χ0n) is 14.7. The Morgan fingerprint density at radius 3 is 2.04 bits per heavy atom. The number of hydrogen-bond donors (Lipinski definition) is 0. The molecule has 0 aliphatic carbocycles. The first-order valence-electron chi connectivity index (χ1n) is 8.66. The first kappa shape index (κ1) is 18.1. The molecule has 0 aliphatic rings. The maximum absolute atomic E-state index is 11.6. The van der Waals surface area contributed by atoms with Gasteiger partial charge in [-0.05, 0) is 48.6 Å². The molecule has 3 heteroatoms. The summed E-state index contributed by atoms with van der Waals surface area (Å²) in [6, 6.07) is 16.3. The summed E-state index contributed by atoms with van der Waals surface area (Å²) in [5.74, 6) is 0.755. The normalized spacial score (nSPS) is 11.8. The Morgan fingerprint density at radius 1 is 0.917 bits per heavy atom. The van der Waals surface area contributed by atoms with Crippen LogP contribution in [-0.2, 0) is 9.53 Å². The summed E-state index contributed by atoms with van der Waals surface area (Å²) >= 11 is 0. The van der Waals surface area contributed by atoms with Gasteiger partial charge in [-0.15, -0.1) is 0 Å². The van der Waals surface area contributed by atoms with Crippen molar-refractivity contribution >= 4 is 5.97 Å². The third-order valence-electron chi connectivity index (χ3n) is 3.80. The van der Waals surface area contributed by atoms with E-state index in [-0.39, 0.29) is 12.1 Å². The van der Waals surface area contributed by atoms with Crippen LogP contribution in [0.25, 0.3) is 11.1 Å². The summed E-state index contributed by atoms with van der Waals surface area (Å²) in [7, 11) is 0. The maximum Gasteiger partial charge on any atom is 0.306 e. The van der Waals surface area contributed by atoms with E-state index in [1.807, 2.05) is 38.1 Å². The Balaban J connectivity index is 2.02. The summed E-state index contributed by atoms with van der Waals surface area (Å²) < 4.78 is 11.0. The number of hydrogen-bond acceptors (Lipinski definition) is 3. The van der Waals surface area contributed by atoms with Crippen LogP contribution in [0.1, 0.15) is 51.7 Å². The van der Waals surface area contributed by atoms with Gasteiger partial charge in [0.05, 0.1) is 6.61 Å². The average Bonchev–Trinajstić information content (AvgIpc) is 2.60. The fourth-order valence-electron chi connectivity index (χ4n) is 2.44. The third kappa shape index (κ3) is 5.12. The first-order valence-corrected chi connectivity index (χ1v) is 8.66. The van der Waals surface area contributed by atoms with Gasteiger partial charge in [0.25, 0.3) is 0 Å². The lowest BCUT2D eigenvalue weighted by atomic mass is 10.0. The van der Waals surface area contributed by atoms with Gasteiger partial charge in [-0.2, -0.15) is 0 Å². The zero-order chi connectivity index (χ0) is 17.4. The van der Waals surface area contributed by atoms with Crippen molar-refractivity contribution in [1.82, 2.24) is 0 Å². The van der Waals surface area contributed by atoms with Crippen LogP contribution in [0.5, 0.6) is 5.75 Å². The highest BCUT2D eigenvalue weighted by Gasteiger charge is 2.11. The van der Waals surface area contributed by atoms with E-state index in [0.29, 0.717) is 6.42 Å². The predicted molar refractivity (Wildman–Crippen MR) is 97.1 cm³/mol. The largest absolute Gasteiger partial charge is 0.494 e. The van der Waals surface area contributed by atoms with E-state index in [4.69, 9.17) is 9.47 Å². The Morgan fingerprint density at radius 2 is 1.50 bits per heavy atom. The molecule has 3 nitrogen and oxygen atoms in total. The molecule has 0 N–H and O–H groups in total. The standard InChI is InChI=1S/C21H26O3/c1-4-6-21(22)24-16(3)17-7-9-18(10-8-17)19-11-13-20(14-12-19)23-15-5-2/h7-14,16H,4-6,15H2,1-3H3. The second kappa shape index (κ2) is 9.11. The van der Waals surface area contributed by atoms with Gasteiger partial charge in [0.2, 0.25) is 0 Å². The van der Waals surface area contributed by atoms with Gasteiger partial charge in [0.1, 0.15) is 11.9 Å². The molecular formula is C21H26O3. The Bertz CT molecular complexity index is 629. The van der Waals surface area contributed by atoms with Crippen molar-refractivity contribution in [2.75, 3.05) is 6.61 Å². The molecule has 0 heterocycles. The molecular weight excluding hydrogens is 300 g/mol. The molecule has 1 atom stereocenters. The van der Waals surface area contributed by atoms with Crippen LogP contribution < -0.4 is 4.74 Å². The van der Waals surface area contributed by atoms with Gasteiger partial charge in [0.15, 0.2) is 0 Å². The summed E-state index contributed by atoms with van der Waals surface area (Å²) in [5.41, 5.74) is 3.28. The van der Waals surface area contributed by atoms with E-state index in [1.165, 1.54) is 0 Å². The van der Waals surface area contributed by atoms with Gasteiger partial charge in [-0.1, -0.05) is 50.2 Å². The van der Waals surface area contributed by atoms with Crippen LogP contribution in [0.2, 0.25) is 0 Å². The van der Waals surface area contributed by atoms with Crippen molar-refractivity contribution in [1.29, 1.82) is 0 Å². The molecule has 0 amide bonds. The van der Waals surface area contributed by atoms with Gasteiger partial charge >= 0.3 is 5.97 Å². The van der Waals surface area contributed by atoms with Gasteiger partial charge < -0.3 is 9.47 Å². The Kier molecular flexibility index (Phi) is 6.86. The lowest BCUT2D eigenvalue weighted by Gasteiger charge is -2.14. The minimum atomic E-state index is -0.220. The SMILES string of the molecule is CCCOc1ccc(-c2ccc(C(C)OC(=O)CCC)cc2)cc1.